The van der Waals surface area contributed by atoms with E-state index in [0.29, 0.717) is 6.10 Å². The molecular weight excluding hydrogens is 416 g/mol. The summed E-state index contributed by atoms with van der Waals surface area (Å²) in [6.45, 7) is 5.37. The Hall–Kier alpha value is -1.96. The highest BCUT2D eigenvalue weighted by Crippen LogP contribution is 2.33. The molecule has 0 radical (unpaired) electrons. The molecule has 0 aromatic heterocycles. The molecule has 2 nitrogen and oxygen atoms in total. The molecular formula is C32H48O2. The van der Waals surface area contributed by atoms with Gasteiger partial charge in [-0.3, -0.25) is 0 Å². The van der Waals surface area contributed by atoms with Gasteiger partial charge in [0.25, 0.3) is 0 Å². The van der Waals surface area contributed by atoms with Crippen molar-refractivity contribution >= 4 is 0 Å². The second-order valence-corrected chi connectivity index (χ2v) is 10.2. The van der Waals surface area contributed by atoms with Crippen LogP contribution in [0.15, 0.2) is 42.5 Å². The summed E-state index contributed by atoms with van der Waals surface area (Å²) in [5.74, 6) is 2.08. The highest BCUT2D eigenvalue weighted by Gasteiger charge is 2.19. The topological polar surface area (TPSA) is 18.5 Å². The molecule has 0 saturated heterocycles. The van der Waals surface area contributed by atoms with Crippen LogP contribution in [0.5, 0.6) is 11.5 Å². The molecule has 1 aliphatic rings. The highest BCUT2D eigenvalue weighted by molar-refractivity contribution is 5.66. The first kappa shape index (κ1) is 26.6. The number of fused-ring (bicyclic) bond motifs is 1. The molecule has 188 valence electrons. The van der Waals surface area contributed by atoms with Gasteiger partial charge in [0, 0.05) is 0 Å². The van der Waals surface area contributed by atoms with Crippen LogP contribution in [0.4, 0.5) is 0 Å². The van der Waals surface area contributed by atoms with Gasteiger partial charge >= 0.3 is 0 Å². The van der Waals surface area contributed by atoms with Gasteiger partial charge in [0.2, 0.25) is 0 Å². The van der Waals surface area contributed by atoms with E-state index < -0.39 is 0 Å². The third kappa shape index (κ3) is 9.35. The minimum Gasteiger partial charge on any atom is -0.494 e. The Morgan fingerprint density at radius 2 is 1.32 bits per heavy atom. The van der Waals surface area contributed by atoms with Crippen molar-refractivity contribution in [2.45, 2.75) is 123 Å². The number of hydrogen-bond donors (Lipinski definition) is 0. The lowest BCUT2D eigenvalue weighted by Crippen LogP contribution is -2.22. The molecule has 0 fully saturated rings. The molecule has 34 heavy (non-hydrogen) atoms. The van der Waals surface area contributed by atoms with Crippen molar-refractivity contribution in [3.8, 4) is 22.6 Å². The first-order chi connectivity index (χ1) is 16.8. The number of hydrogen-bond acceptors (Lipinski definition) is 2. The van der Waals surface area contributed by atoms with E-state index in [2.05, 4.69) is 56.3 Å². The van der Waals surface area contributed by atoms with Crippen molar-refractivity contribution in [2.24, 2.45) is 0 Å². The average molecular weight is 465 g/mol. The summed E-state index contributed by atoms with van der Waals surface area (Å²) >= 11 is 0. The maximum absolute atomic E-state index is 6.32. The van der Waals surface area contributed by atoms with Crippen LogP contribution in [-0.4, -0.2) is 12.7 Å². The first-order valence-electron chi connectivity index (χ1n) is 14.3. The Kier molecular flexibility index (Phi) is 12.4. The molecule has 2 aromatic carbocycles. The van der Waals surface area contributed by atoms with Crippen LogP contribution >= 0.6 is 0 Å². The van der Waals surface area contributed by atoms with Gasteiger partial charge in [-0.25, -0.2) is 0 Å². The maximum Gasteiger partial charge on any atom is 0.122 e. The molecule has 0 bridgehead atoms. The fraction of sp³-hybridized carbons (Fsp3) is 0.625. The summed E-state index contributed by atoms with van der Waals surface area (Å²) in [7, 11) is 0. The zero-order valence-electron chi connectivity index (χ0n) is 22.0. The maximum atomic E-state index is 6.32. The summed E-state index contributed by atoms with van der Waals surface area (Å²) in [5.41, 5.74) is 3.88. The number of benzene rings is 2. The minimum absolute atomic E-state index is 0.400. The van der Waals surface area contributed by atoms with E-state index in [4.69, 9.17) is 9.47 Å². The van der Waals surface area contributed by atoms with Crippen LogP contribution in [0, 0.1) is 0 Å². The van der Waals surface area contributed by atoms with E-state index in [1.165, 1.54) is 100 Å². The van der Waals surface area contributed by atoms with Crippen LogP contribution in [0.1, 0.15) is 116 Å². The molecule has 0 saturated carbocycles. The van der Waals surface area contributed by atoms with E-state index in [-0.39, 0.29) is 0 Å². The molecule has 1 heterocycles. The monoisotopic (exact) mass is 464 g/mol. The van der Waals surface area contributed by atoms with Crippen molar-refractivity contribution < 1.29 is 9.47 Å². The largest absolute Gasteiger partial charge is 0.494 e. The molecule has 0 N–H and O–H groups in total. The summed E-state index contributed by atoms with van der Waals surface area (Å²) in [4.78, 5) is 0. The van der Waals surface area contributed by atoms with Gasteiger partial charge in [0.15, 0.2) is 0 Å². The smallest absolute Gasteiger partial charge is 0.122 e. The summed E-state index contributed by atoms with van der Waals surface area (Å²) < 4.78 is 12.3. The predicted molar refractivity (Wildman–Crippen MR) is 146 cm³/mol. The lowest BCUT2D eigenvalue weighted by molar-refractivity contribution is 0.160. The number of aryl methyl sites for hydroxylation is 1. The van der Waals surface area contributed by atoms with Gasteiger partial charge in [-0.05, 0) is 73.1 Å². The second-order valence-electron chi connectivity index (χ2n) is 10.2. The lowest BCUT2D eigenvalue weighted by Gasteiger charge is -2.26. The lowest BCUT2D eigenvalue weighted by atomic mass is 9.95. The molecule has 3 rings (SSSR count). The van der Waals surface area contributed by atoms with Gasteiger partial charge in [0.1, 0.15) is 11.5 Å². The standard InChI is InChI=1S/C32H48O2/c1-3-5-7-9-10-11-13-15-25-33-30-21-17-27(18-22-30)28-20-24-32-29(26-28)19-23-31(34-32)16-14-12-8-6-4-2/h17-18,20-22,24,26,31H,3-16,19,23,25H2,1-2H3. The van der Waals surface area contributed by atoms with E-state index in [1.807, 2.05) is 0 Å². The highest BCUT2D eigenvalue weighted by atomic mass is 16.5. The first-order valence-corrected chi connectivity index (χ1v) is 14.3. The molecule has 0 aliphatic carbocycles. The summed E-state index contributed by atoms with van der Waals surface area (Å²) in [6, 6.07) is 15.3. The van der Waals surface area contributed by atoms with Crippen LogP contribution < -0.4 is 9.47 Å². The Balaban J connectivity index is 1.38. The number of unbranched alkanes of at least 4 members (excludes halogenated alkanes) is 11. The van der Waals surface area contributed by atoms with Crippen LogP contribution in [0.25, 0.3) is 11.1 Å². The molecule has 0 amide bonds. The van der Waals surface area contributed by atoms with Gasteiger partial charge in [0.05, 0.1) is 12.7 Å². The van der Waals surface area contributed by atoms with Crippen LogP contribution in [0.2, 0.25) is 0 Å². The Morgan fingerprint density at radius 1 is 0.706 bits per heavy atom. The number of rotatable bonds is 17. The van der Waals surface area contributed by atoms with Crippen LogP contribution in [0.3, 0.4) is 0 Å². The zero-order valence-corrected chi connectivity index (χ0v) is 22.0. The molecule has 2 heteroatoms. The Labute approximate surface area is 209 Å². The SMILES string of the molecule is CCCCCCCCCCOc1ccc(-c2ccc3c(c2)CCC(CCCCCCC)O3)cc1. The van der Waals surface area contributed by atoms with Crippen molar-refractivity contribution in [1.82, 2.24) is 0 Å². The molecule has 1 unspecified atom stereocenters. The molecule has 2 aromatic rings. The van der Waals surface area contributed by atoms with Gasteiger partial charge < -0.3 is 9.47 Å². The predicted octanol–water partition coefficient (Wildman–Crippen LogP) is 9.93. The van der Waals surface area contributed by atoms with Crippen molar-refractivity contribution in [1.29, 1.82) is 0 Å². The summed E-state index contributed by atoms with van der Waals surface area (Å²) in [5, 5.41) is 0. The van der Waals surface area contributed by atoms with E-state index in [0.717, 1.165) is 37.4 Å². The van der Waals surface area contributed by atoms with Gasteiger partial charge in [-0.15, -0.1) is 0 Å². The molecule has 1 atom stereocenters. The summed E-state index contributed by atoms with van der Waals surface area (Å²) in [6.07, 6.45) is 21.2. The van der Waals surface area contributed by atoms with E-state index >= 15 is 0 Å². The fourth-order valence-electron chi connectivity index (χ4n) is 4.97. The minimum atomic E-state index is 0.400. The van der Waals surface area contributed by atoms with Crippen LogP contribution in [-0.2, 0) is 6.42 Å². The van der Waals surface area contributed by atoms with Gasteiger partial charge in [-0.2, -0.15) is 0 Å². The van der Waals surface area contributed by atoms with Gasteiger partial charge in [-0.1, -0.05) is 103 Å². The average Bonchev–Trinajstić information content (AvgIpc) is 2.87. The second kappa shape index (κ2) is 15.8. The Morgan fingerprint density at radius 3 is 2.03 bits per heavy atom. The third-order valence-corrected chi connectivity index (χ3v) is 7.17. The molecule has 0 spiro atoms. The van der Waals surface area contributed by atoms with Crippen molar-refractivity contribution in [3.05, 3.63) is 48.0 Å². The van der Waals surface area contributed by atoms with E-state index in [1.54, 1.807) is 0 Å². The quantitative estimate of drug-likeness (QED) is 0.217. The Bertz CT molecular complexity index is 795. The normalized spacial score (nSPS) is 15.1. The van der Waals surface area contributed by atoms with Crippen molar-refractivity contribution in [2.75, 3.05) is 6.61 Å². The zero-order chi connectivity index (χ0) is 23.8. The number of ether oxygens (including phenoxy) is 2. The third-order valence-electron chi connectivity index (χ3n) is 7.17. The van der Waals surface area contributed by atoms with Crippen molar-refractivity contribution in [3.63, 3.8) is 0 Å². The fourth-order valence-corrected chi connectivity index (χ4v) is 4.97. The van der Waals surface area contributed by atoms with E-state index in [9.17, 15) is 0 Å². The molecule has 1 aliphatic heterocycles.